The maximum atomic E-state index is 6.43. The van der Waals surface area contributed by atoms with Crippen molar-refractivity contribution in [3.63, 3.8) is 0 Å². The van der Waals surface area contributed by atoms with Gasteiger partial charge in [-0.1, -0.05) is 158 Å². The van der Waals surface area contributed by atoms with Gasteiger partial charge in [-0.25, -0.2) is 0 Å². The SMILES string of the molecule is c1ccc(-c2cccc(-c3ccc(N(c4ccc(-c5cccc6c5sc5ccccc56)cc4)c4ccccc4-c4ccc5oc6cc7ccccc7cc6c5c4)cc3)c2)cc1. The van der Waals surface area contributed by atoms with Gasteiger partial charge in [0.15, 0.2) is 0 Å². The minimum Gasteiger partial charge on any atom is -0.456 e. The minimum atomic E-state index is 0.888. The van der Waals surface area contributed by atoms with Crippen molar-refractivity contribution in [3.8, 4) is 44.5 Å². The molecule has 0 aliphatic carbocycles. The van der Waals surface area contributed by atoms with Crippen molar-refractivity contribution in [1.82, 2.24) is 0 Å². The number of rotatable bonds is 7. The number of benzene rings is 10. The molecule has 0 N–H and O–H groups in total. The van der Waals surface area contributed by atoms with E-state index in [1.54, 1.807) is 0 Å². The van der Waals surface area contributed by atoms with Crippen LogP contribution in [0.2, 0.25) is 0 Å². The summed E-state index contributed by atoms with van der Waals surface area (Å²) in [5.41, 5.74) is 14.6. The fourth-order valence-electron chi connectivity index (χ4n) is 9.05. The summed E-state index contributed by atoms with van der Waals surface area (Å²) in [4.78, 5) is 2.40. The number of para-hydroxylation sites is 1. The van der Waals surface area contributed by atoms with E-state index in [2.05, 4.69) is 229 Å². The summed E-state index contributed by atoms with van der Waals surface area (Å²) in [6.45, 7) is 0. The van der Waals surface area contributed by atoms with Crippen molar-refractivity contribution in [2.24, 2.45) is 0 Å². The van der Waals surface area contributed by atoms with Crippen LogP contribution in [0.5, 0.6) is 0 Å². The highest BCUT2D eigenvalue weighted by Crippen LogP contribution is 2.45. The predicted octanol–water partition coefficient (Wildman–Crippen LogP) is 17.2. The number of fused-ring (bicyclic) bond motifs is 7. The maximum Gasteiger partial charge on any atom is 0.136 e. The molecule has 0 amide bonds. The van der Waals surface area contributed by atoms with Crippen molar-refractivity contribution < 1.29 is 4.42 Å². The van der Waals surface area contributed by atoms with Gasteiger partial charge in [0.05, 0.1) is 5.69 Å². The molecular formula is C58H37NOS. The Hall–Kier alpha value is -7.72. The van der Waals surface area contributed by atoms with E-state index in [0.29, 0.717) is 0 Å². The Morgan fingerprint density at radius 2 is 0.902 bits per heavy atom. The Bertz CT molecular complexity index is 3580. The molecule has 12 aromatic rings. The number of thiophene rings is 1. The lowest BCUT2D eigenvalue weighted by Gasteiger charge is -2.28. The van der Waals surface area contributed by atoms with Gasteiger partial charge in [0.25, 0.3) is 0 Å². The number of nitrogens with zero attached hydrogens (tertiary/aromatic N) is 1. The quantitative estimate of drug-likeness (QED) is 0.160. The van der Waals surface area contributed by atoms with Crippen molar-refractivity contribution in [2.75, 3.05) is 4.90 Å². The summed E-state index contributed by atoms with van der Waals surface area (Å²) in [5.74, 6) is 0. The van der Waals surface area contributed by atoms with E-state index in [1.165, 1.54) is 64.3 Å². The second-order valence-electron chi connectivity index (χ2n) is 15.7. The zero-order valence-corrected chi connectivity index (χ0v) is 33.9. The Morgan fingerprint density at radius 1 is 0.328 bits per heavy atom. The van der Waals surface area contributed by atoms with Gasteiger partial charge in [-0.3, -0.25) is 0 Å². The third-order valence-corrected chi connectivity index (χ3v) is 13.3. The Labute approximate surface area is 357 Å². The second-order valence-corrected chi connectivity index (χ2v) is 16.7. The van der Waals surface area contributed by atoms with Crippen molar-refractivity contribution in [3.05, 3.63) is 224 Å². The minimum absolute atomic E-state index is 0.888. The molecule has 0 aliphatic heterocycles. The fraction of sp³-hybridized carbons (Fsp3) is 0. The zero-order chi connectivity index (χ0) is 40.3. The average Bonchev–Trinajstić information content (AvgIpc) is 3.89. The van der Waals surface area contributed by atoms with Gasteiger partial charge in [0.1, 0.15) is 11.2 Å². The summed E-state index contributed by atoms with van der Waals surface area (Å²) in [7, 11) is 0. The standard InChI is InChI=1S/C58H37NOS/c1-2-12-38(13-3-1)41-16-10-17-42(34-41)39-24-29-46(30-25-39)59(47-31-26-40(27-32-47)49-20-11-21-51-50-19-7-9-23-57(50)61-58(49)51)54-22-8-6-18-48(54)45-28-33-55-52(36-45)53-35-43-14-4-5-15-44(43)37-56(53)60-55/h1-37H. The first-order chi connectivity index (χ1) is 30.2. The van der Waals surface area contributed by atoms with Crippen LogP contribution in [-0.2, 0) is 0 Å². The number of hydrogen-bond donors (Lipinski definition) is 0. The summed E-state index contributed by atoms with van der Waals surface area (Å²) in [5, 5.41) is 7.24. The lowest BCUT2D eigenvalue weighted by Crippen LogP contribution is -2.11. The van der Waals surface area contributed by atoms with E-state index in [0.717, 1.165) is 50.1 Å². The van der Waals surface area contributed by atoms with Crippen LogP contribution in [0.3, 0.4) is 0 Å². The van der Waals surface area contributed by atoms with Gasteiger partial charge in [0.2, 0.25) is 0 Å². The Balaban J connectivity index is 0.986. The zero-order valence-electron chi connectivity index (χ0n) is 33.1. The highest BCUT2D eigenvalue weighted by Gasteiger charge is 2.20. The topological polar surface area (TPSA) is 16.4 Å². The summed E-state index contributed by atoms with van der Waals surface area (Å²) in [6.07, 6.45) is 0. The molecular weight excluding hydrogens is 759 g/mol. The molecule has 3 heteroatoms. The normalized spacial score (nSPS) is 11.6. The van der Waals surface area contributed by atoms with Crippen molar-refractivity contribution in [1.29, 1.82) is 0 Å². The van der Waals surface area contributed by atoms with E-state index in [4.69, 9.17) is 4.42 Å². The van der Waals surface area contributed by atoms with Crippen LogP contribution in [-0.4, -0.2) is 0 Å². The van der Waals surface area contributed by atoms with Crippen LogP contribution < -0.4 is 4.90 Å². The molecule has 2 aromatic heterocycles. The highest BCUT2D eigenvalue weighted by molar-refractivity contribution is 7.26. The van der Waals surface area contributed by atoms with Gasteiger partial charge >= 0.3 is 0 Å². The summed E-state index contributed by atoms with van der Waals surface area (Å²) >= 11 is 1.87. The molecule has 0 saturated heterocycles. The maximum absolute atomic E-state index is 6.43. The molecule has 0 atom stereocenters. The monoisotopic (exact) mass is 795 g/mol. The van der Waals surface area contributed by atoms with Crippen LogP contribution in [0.25, 0.3) is 97.4 Å². The first-order valence-corrected chi connectivity index (χ1v) is 21.5. The molecule has 2 nitrogen and oxygen atoms in total. The van der Waals surface area contributed by atoms with Crippen molar-refractivity contribution >= 4 is 81.3 Å². The summed E-state index contributed by atoms with van der Waals surface area (Å²) in [6, 6.07) is 81.2. The molecule has 0 unspecified atom stereocenters. The van der Waals surface area contributed by atoms with E-state index < -0.39 is 0 Å². The molecule has 0 bridgehead atoms. The Morgan fingerprint density at radius 3 is 1.70 bits per heavy atom. The first kappa shape index (κ1) is 35.2. The smallest absolute Gasteiger partial charge is 0.136 e. The fourth-order valence-corrected chi connectivity index (χ4v) is 10.3. The first-order valence-electron chi connectivity index (χ1n) is 20.7. The van der Waals surface area contributed by atoms with E-state index >= 15 is 0 Å². The highest BCUT2D eigenvalue weighted by atomic mass is 32.1. The molecule has 0 spiro atoms. The molecule has 10 aromatic carbocycles. The van der Waals surface area contributed by atoms with E-state index in [-0.39, 0.29) is 0 Å². The molecule has 61 heavy (non-hydrogen) atoms. The van der Waals surface area contributed by atoms with Gasteiger partial charge in [-0.05, 0) is 116 Å². The van der Waals surface area contributed by atoms with Gasteiger partial charge in [0, 0.05) is 47.9 Å². The molecule has 12 rings (SSSR count). The Kier molecular flexibility index (Phi) is 8.39. The molecule has 2 heterocycles. The van der Waals surface area contributed by atoms with Crippen LogP contribution in [0.1, 0.15) is 0 Å². The molecule has 0 fully saturated rings. The van der Waals surface area contributed by atoms with Crippen LogP contribution in [0.4, 0.5) is 17.1 Å². The lowest BCUT2D eigenvalue weighted by atomic mass is 9.97. The lowest BCUT2D eigenvalue weighted by molar-refractivity contribution is 0.669. The molecule has 286 valence electrons. The van der Waals surface area contributed by atoms with Crippen LogP contribution in [0, 0.1) is 0 Å². The molecule has 0 saturated carbocycles. The average molecular weight is 796 g/mol. The van der Waals surface area contributed by atoms with Crippen molar-refractivity contribution in [2.45, 2.75) is 0 Å². The molecule has 0 radical (unpaired) electrons. The number of hydrogen-bond acceptors (Lipinski definition) is 3. The van der Waals surface area contributed by atoms with E-state index in [1.807, 2.05) is 11.3 Å². The van der Waals surface area contributed by atoms with Gasteiger partial charge < -0.3 is 9.32 Å². The summed E-state index contributed by atoms with van der Waals surface area (Å²) < 4.78 is 9.06. The third-order valence-electron chi connectivity index (χ3n) is 12.1. The van der Waals surface area contributed by atoms with Crippen LogP contribution >= 0.6 is 11.3 Å². The predicted molar refractivity (Wildman–Crippen MR) is 261 cm³/mol. The number of anilines is 3. The largest absolute Gasteiger partial charge is 0.456 e. The van der Waals surface area contributed by atoms with Gasteiger partial charge in [-0.2, -0.15) is 0 Å². The van der Waals surface area contributed by atoms with E-state index in [9.17, 15) is 0 Å². The number of furan rings is 1. The second kappa shape index (κ2) is 14.5. The van der Waals surface area contributed by atoms with Crippen LogP contribution in [0.15, 0.2) is 229 Å². The third kappa shape index (κ3) is 6.18. The van der Waals surface area contributed by atoms with Gasteiger partial charge in [-0.15, -0.1) is 11.3 Å². The molecule has 0 aliphatic rings.